The van der Waals surface area contributed by atoms with Crippen molar-refractivity contribution in [2.24, 2.45) is 0 Å². The molecule has 0 saturated carbocycles. The van der Waals surface area contributed by atoms with E-state index in [1.54, 1.807) is 11.8 Å². The van der Waals surface area contributed by atoms with E-state index in [4.69, 9.17) is 9.84 Å². The van der Waals surface area contributed by atoms with Gasteiger partial charge >= 0.3 is 5.97 Å². The van der Waals surface area contributed by atoms with Gasteiger partial charge < -0.3 is 9.84 Å². The number of aryl methyl sites for hydroxylation is 2. The highest BCUT2D eigenvalue weighted by atomic mass is 127. The summed E-state index contributed by atoms with van der Waals surface area (Å²) in [5.41, 5.74) is 6.13. The summed E-state index contributed by atoms with van der Waals surface area (Å²) in [5.74, 6) is 0.440. The molecule has 3 aromatic carbocycles. The summed E-state index contributed by atoms with van der Waals surface area (Å²) >= 11 is 3.91. The van der Waals surface area contributed by atoms with Crippen molar-refractivity contribution >= 4 is 45.9 Å². The molecule has 0 unspecified atom stereocenters. The van der Waals surface area contributed by atoms with Gasteiger partial charge in [0.1, 0.15) is 5.75 Å². The Balaban J connectivity index is 1.77. The predicted molar refractivity (Wildman–Crippen MR) is 132 cm³/mol. The van der Waals surface area contributed by atoms with Crippen LogP contribution in [-0.4, -0.2) is 23.4 Å². The fraction of sp³-hybridized carbons (Fsp3) is 0.160. The molecule has 3 aromatic rings. The Labute approximate surface area is 195 Å². The fourth-order valence-electron chi connectivity index (χ4n) is 2.92. The number of carboxylic acids is 1. The summed E-state index contributed by atoms with van der Waals surface area (Å²) in [7, 11) is 0. The SMILES string of the molecule is Cc1ccc(C(=CCSc2ccc(OCC(=O)O)c(I)c2)c2ccc(C)cc2)cc1. The molecule has 0 saturated heterocycles. The van der Waals surface area contributed by atoms with E-state index in [9.17, 15) is 4.79 Å². The van der Waals surface area contributed by atoms with Gasteiger partial charge in [-0.05, 0) is 71.3 Å². The average molecular weight is 530 g/mol. The molecule has 30 heavy (non-hydrogen) atoms. The average Bonchev–Trinajstić information content (AvgIpc) is 2.72. The van der Waals surface area contributed by atoms with E-state index in [0.717, 1.165) is 14.2 Å². The van der Waals surface area contributed by atoms with Crippen LogP contribution in [0.1, 0.15) is 22.3 Å². The molecule has 3 rings (SSSR count). The number of aliphatic carboxylic acids is 1. The van der Waals surface area contributed by atoms with E-state index in [-0.39, 0.29) is 6.61 Å². The largest absolute Gasteiger partial charge is 0.481 e. The first-order valence-corrected chi connectivity index (χ1v) is 11.6. The van der Waals surface area contributed by atoms with Crippen LogP contribution in [0.2, 0.25) is 0 Å². The smallest absolute Gasteiger partial charge is 0.341 e. The molecular formula is C25H23IO3S. The minimum atomic E-state index is -0.978. The van der Waals surface area contributed by atoms with Gasteiger partial charge in [0.15, 0.2) is 6.61 Å². The minimum Gasteiger partial charge on any atom is -0.481 e. The van der Waals surface area contributed by atoms with Gasteiger partial charge in [0, 0.05) is 10.6 Å². The molecule has 0 aliphatic carbocycles. The number of benzene rings is 3. The second-order valence-corrected chi connectivity index (χ2v) is 9.19. The third kappa shape index (κ3) is 6.37. The topological polar surface area (TPSA) is 46.5 Å². The highest BCUT2D eigenvalue weighted by Crippen LogP contribution is 2.30. The zero-order valence-corrected chi connectivity index (χ0v) is 19.9. The Kier molecular flexibility index (Phi) is 7.99. The lowest BCUT2D eigenvalue weighted by atomic mass is 9.96. The molecule has 1 N–H and O–H groups in total. The second kappa shape index (κ2) is 10.7. The molecule has 0 atom stereocenters. The van der Waals surface area contributed by atoms with Gasteiger partial charge in [0.25, 0.3) is 0 Å². The third-order valence-electron chi connectivity index (χ3n) is 4.52. The van der Waals surface area contributed by atoms with Crippen molar-refractivity contribution in [2.75, 3.05) is 12.4 Å². The maximum absolute atomic E-state index is 10.7. The van der Waals surface area contributed by atoms with Crippen molar-refractivity contribution in [2.45, 2.75) is 18.7 Å². The molecule has 0 fully saturated rings. The quantitative estimate of drug-likeness (QED) is 0.264. The molecule has 0 aliphatic heterocycles. The number of rotatable bonds is 8. The van der Waals surface area contributed by atoms with Gasteiger partial charge in [0.05, 0.1) is 3.57 Å². The molecular weight excluding hydrogens is 507 g/mol. The van der Waals surface area contributed by atoms with Crippen molar-refractivity contribution in [1.29, 1.82) is 0 Å². The zero-order valence-electron chi connectivity index (χ0n) is 16.9. The standard InChI is InChI=1S/C25H23IO3S/c1-17-3-7-19(8-4-17)22(20-9-5-18(2)6-10-20)13-14-30-21-11-12-24(23(26)15-21)29-16-25(27)28/h3-13,15H,14,16H2,1-2H3,(H,27,28). The number of hydrogen-bond acceptors (Lipinski definition) is 3. The Morgan fingerprint density at radius 3 is 2.03 bits per heavy atom. The molecule has 5 heteroatoms. The van der Waals surface area contributed by atoms with Crippen molar-refractivity contribution < 1.29 is 14.6 Å². The predicted octanol–water partition coefficient (Wildman–Crippen LogP) is 6.60. The highest BCUT2D eigenvalue weighted by Gasteiger charge is 2.07. The number of hydrogen-bond donors (Lipinski definition) is 1. The maximum Gasteiger partial charge on any atom is 0.341 e. The van der Waals surface area contributed by atoms with Gasteiger partial charge in [-0.2, -0.15) is 0 Å². The first kappa shape index (κ1) is 22.4. The van der Waals surface area contributed by atoms with E-state index in [1.807, 2.05) is 18.2 Å². The number of ether oxygens (including phenoxy) is 1. The lowest BCUT2D eigenvalue weighted by Crippen LogP contribution is -2.10. The van der Waals surface area contributed by atoms with E-state index < -0.39 is 5.97 Å². The van der Waals surface area contributed by atoms with Gasteiger partial charge in [-0.25, -0.2) is 4.79 Å². The van der Waals surface area contributed by atoms with Crippen molar-refractivity contribution in [1.82, 2.24) is 0 Å². The summed E-state index contributed by atoms with van der Waals surface area (Å²) in [5, 5.41) is 8.77. The van der Waals surface area contributed by atoms with Crippen LogP contribution in [0.25, 0.3) is 5.57 Å². The Bertz CT molecular complexity index is 993. The summed E-state index contributed by atoms with van der Waals surface area (Å²) in [6.45, 7) is 3.86. The maximum atomic E-state index is 10.7. The van der Waals surface area contributed by atoms with Crippen molar-refractivity contribution in [3.05, 3.63) is 98.6 Å². The van der Waals surface area contributed by atoms with Crippen LogP contribution in [0.4, 0.5) is 0 Å². The van der Waals surface area contributed by atoms with Gasteiger partial charge in [-0.3, -0.25) is 0 Å². The molecule has 0 aliphatic rings. The Hall–Kier alpha value is -2.25. The van der Waals surface area contributed by atoms with E-state index in [1.165, 1.54) is 27.8 Å². The third-order valence-corrected chi connectivity index (χ3v) is 6.28. The number of carbonyl (C=O) groups is 1. The van der Waals surface area contributed by atoms with Crippen molar-refractivity contribution in [3.63, 3.8) is 0 Å². The monoisotopic (exact) mass is 530 g/mol. The molecule has 0 aromatic heterocycles. The molecule has 0 radical (unpaired) electrons. The van der Waals surface area contributed by atoms with Crippen molar-refractivity contribution in [3.8, 4) is 5.75 Å². The molecule has 3 nitrogen and oxygen atoms in total. The molecule has 154 valence electrons. The van der Waals surface area contributed by atoms with Crippen LogP contribution in [0, 0.1) is 17.4 Å². The summed E-state index contributed by atoms with van der Waals surface area (Å²) in [4.78, 5) is 11.8. The summed E-state index contributed by atoms with van der Waals surface area (Å²) < 4.78 is 6.21. The van der Waals surface area contributed by atoms with Gasteiger partial charge in [0.2, 0.25) is 0 Å². The minimum absolute atomic E-state index is 0.332. The van der Waals surface area contributed by atoms with Crippen LogP contribution >= 0.6 is 34.4 Å². The lowest BCUT2D eigenvalue weighted by Gasteiger charge is -2.11. The Morgan fingerprint density at radius 1 is 0.967 bits per heavy atom. The van der Waals surface area contributed by atoms with E-state index in [0.29, 0.717) is 5.75 Å². The van der Waals surface area contributed by atoms with Gasteiger partial charge in [-0.1, -0.05) is 65.7 Å². The molecule has 0 bridgehead atoms. The summed E-state index contributed by atoms with van der Waals surface area (Å²) in [6.07, 6.45) is 2.27. The highest BCUT2D eigenvalue weighted by molar-refractivity contribution is 14.1. The van der Waals surface area contributed by atoms with Crippen LogP contribution in [0.3, 0.4) is 0 Å². The number of halogens is 1. The van der Waals surface area contributed by atoms with Crippen LogP contribution in [0.5, 0.6) is 5.75 Å². The van der Waals surface area contributed by atoms with E-state index >= 15 is 0 Å². The first-order valence-electron chi connectivity index (χ1n) is 9.53. The number of thioether (sulfide) groups is 1. The number of carboxylic acid groups (broad SMARTS) is 1. The summed E-state index contributed by atoms with van der Waals surface area (Å²) in [6, 6.07) is 23.1. The first-order chi connectivity index (χ1) is 14.4. The molecule has 0 heterocycles. The second-order valence-electron chi connectivity index (χ2n) is 6.94. The van der Waals surface area contributed by atoms with E-state index in [2.05, 4.69) is 91.0 Å². The lowest BCUT2D eigenvalue weighted by molar-refractivity contribution is -0.139. The normalized spacial score (nSPS) is 10.5. The van der Waals surface area contributed by atoms with Crippen LogP contribution < -0.4 is 4.74 Å². The van der Waals surface area contributed by atoms with Crippen LogP contribution in [-0.2, 0) is 4.79 Å². The molecule has 0 amide bonds. The zero-order chi connectivity index (χ0) is 21.5. The van der Waals surface area contributed by atoms with Crippen LogP contribution in [0.15, 0.2) is 77.7 Å². The Morgan fingerprint density at radius 2 is 1.53 bits per heavy atom. The fourth-order valence-corrected chi connectivity index (χ4v) is 4.61. The van der Waals surface area contributed by atoms with Gasteiger partial charge in [-0.15, -0.1) is 11.8 Å². The molecule has 0 spiro atoms.